The van der Waals surface area contributed by atoms with E-state index in [1.165, 1.54) is 0 Å². The van der Waals surface area contributed by atoms with Crippen LogP contribution in [0.15, 0.2) is 24.3 Å². The molecule has 0 radical (unpaired) electrons. The van der Waals surface area contributed by atoms with Crippen molar-refractivity contribution in [2.75, 3.05) is 6.61 Å². The van der Waals surface area contributed by atoms with E-state index in [-0.39, 0.29) is 18.0 Å². The zero-order chi connectivity index (χ0) is 12.9. The van der Waals surface area contributed by atoms with Crippen LogP contribution >= 0.6 is 0 Å². The average Bonchev–Trinajstić information content (AvgIpc) is 2.24. The molecule has 0 N–H and O–H groups in total. The molecule has 0 aromatic heterocycles. The minimum Gasteiger partial charge on any atom is -0.449 e. The maximum atomic E-state index is 11.6. The molecule has 2 heteroatoms. The molecule has 0 saturated heterocycles. The van der Waals surface area contributed by atoms with Crippen LogP contribution in [0.2, 0.25) is 0 Å². The van der Waals surface area contributed by atoms with Crippen molar-refractivity contribution in [1.82, 2.24) is 0 Å². The van der Waals surface area contributed by atoms with Crippen molar-refractivity contribution in [1.29, 1.82) is 0 Å². The molecule has 0 saturated carbocycles. The van der Waals surface area contributed by atoms with Gasteiger partial charge in [0.15, 0.2) is 6.61 Å². The molecular weight excluding hydrogens is 212 g/mol. The van der Waals surface area contributed by atoms with Crippen molar-refractivity contribution in [3.05, 3.63) is 35.4 Å². The van der Waals surface area contributed by atoms with Gasteiger partial charge in [-0.3, -0.25) is 0 Å². The van der Waals surface area contributed by atoms with Crippen LogP contribution in [-0.2, 0) is 4.74 Å². The zero-order valence-corrected chi connectivity index (χ0v) is 10.8. The monoisotopic (exact) mass is 230 g/mol. The molecule has 0 atom stereocenters. The Labute approximate surface area is 103 Å². The summed E-state index contributed by atoms with van der Waals surface area (Å²) in [5.41, 5.74) is 1.62. The highest BCUT2D eigenvalue weighted by Gasteiger charge is 2.06. The summed E-state index contributed by atoms with van der Waals surface area (Å²) in [5.74, 6) is 5.53. The van der Waals surface area contributed by atoms with Crippen LogP contribution in [0.1, 0.15) is 36.7 Å². The smallest absolute Gasteiger partial charge is 0.339 e. The number of hydrogen-bond donors (Lipinski definition) is 0. The minimum absolute atomic E-state index is 0.0593. The molecule has 17 heavy (non-hydrogen) atoms. The van der Waals surface area contributed by atoms with Gasteiger partial charge < -0.3 is 4.74 Å². The molecule has 0 bridgehead atoms. The van der Waals surface area contributed by atoms with E-state index in [1.807, 2.05) is 39.8 Å². The van der Waals surface area contributed by atoms with Gasteiger partial charge in [-0.15, -0.1) is 0 Å². The van der Waals surface area contributed by atoms with Gasteiger partial charge in [-0.2, -0.15) is 0 Å². The first-order valence-electron chi connectivity index (χ1n) is 5.62. The molecule has 0 spiro atoms. The summed E-state index contributed by atoms with van der Waals surface area (Å²) in [6.07, 6.45) is 0. The molecule has 2 nitrogen and oxygen atoms in total. The molecule has 0 fully saturated rings. The van der Waals surface area contributed by atoms with E-state index in [0.717, 1.165) is 5.56 Å². The van der Waals surface area contributed by atoms with Gasteiger partial charge in [0.25, 0.3) is 0 Å². The third kappa shape index (κ3) is 5.21. The van der Waals surface area contributed by atoms with Crippen molar-refractivity contribution in [3.8, 4) is 11.8 Å². The van der Waals surface area contributed by atoms with Crippen LogP contribution in [0.4, 0.5) is 0 Å². The first kappa shape index (κ1) is 13.3. The number of hydrogen-bond acceptors (Lipinski definition) is 2. The van der Waals surface area contributed by atoms with Crippen molar-refractivity contribution >= 4 is 5.97 Å². The first-order chi connectivity index (χ1) is 7.88. The molecule has 1 aromatic rings. The SMILES string of the molecule is Cc1ccc(C(=O)OCC#CC(C)(C)C)cc1. The fourth-order valence-electron chi connectivity index (χ4n) is 1.18. The molecule has 1 aromatic carbocycles. The normalized spacial score (nSPS) is 10.4. The summed E-state index contributed by atoms with van der Waals surface area (Å²) < 4.78 is 5.05. The zero-order valence-electron chi connectivity index (χ0n) is 10.8. The third-order valence-corrected chi connectivity index (χ3v) is 2.03. The van der Waals surface area contributed by atoms with E-state index in [0.29, 0.717) is 5.56 Å². The largest absolute Gasteiger partial charge is 0.449 e. The number of rotatable bonds is 2. The van der Waals surface area contributed by atoms with Crippen molar-refractivity contribution < 1.29 is 9.53 Å². The topological polar surface area (TPSA) is 26.3 Å². The summed E-state index contributed by atoms with van der Waals surface area (Å²) in [6, 6.07) is 7.29. The Morgan fingerprint density at radius 2 is 1.82 bits per heavy atom. The van der Waals surface area contributed by atoms with E-state index >= 15 is 0 Å². The summed E-state index contributed by atoms with van der Waals surface area (Å²) in [7, 11) is 0. The summed E-state index contributed by atoms with van der Waals surface area (Å²) in [6.45, 7) is 8.17. The molecular formula is C15H18O2. The first-order valence-corrected chi connectivity index (χ1v) is 5.62. The maximum Gasteiger partial charge on any atom is 0.339 e. The third-order valence-electron chi connectivity index (χ3n) is 2.03. The quantitative estimate of drug-likeness (QED) is 0.576. The number of aryl methyl sites for hydroxylation is 1. The van der Waals surface area contributed by atoms with Crippen LogP contribution in [0.25, 0.3) is 0 Å². The predicted octanol–water partition coefficient (Wildman–Crippen LogP) is 3.20. The van der Waals surface area contributed by atoms with Gasteiger partial charge in [-0.05, 0) is 39.8 Å². The van der Waals surface area contributed by atoms with Gasteiger partial charge in [0.2, 0.25) is 0 Å². The summed E-state index contributed by atoms with van der Waals surface area (Å²) in [5, 5.41) is 0. The Morgan fingerprint density at radius 3 is 2.35 bits per heavy atom. The van der Waals surface area contributed by atoms with Crippen LogP contribution in [-0.4, -0.2) is 12.6 Å². The van der Waals surface area contributed by atoms with Gasteiger partial charge in [0, 0.05) is 5.41 Å². The number of carbonyl (C=O) groups is 1. The maximum absolute atomic E-state index is 11.6. The number of esters is 1. The Bertz CT molecular complexity index is 439. The fourth-order valence-corrected chi connectivity index (χ4v) is 1.18. The number of benzene rings is 1. The van der Waals surface area contributed by atoms with Gasteiger partial charge >= 0.3 is 5.97 Å². The lowest BCUT2D eigenvalue weighted by atomic mass is 9.98. The summed E-state index contributed by atoms with van der Waals surface area (Å²) in [4.78, 5) is 11.6. The highest BCUT2D eigenvalue weighted by molar-refractivity contribution is 5.89. The molecule has 1 rings (SSSR count). The van der Waals surface area contributed by atoms with E-state index in [4.69, 9.17) is 4.74 Å². The van der Waals surface area contributed by atoms with Gasteiger partial charge in [0.1, 0.15) is 0 Å². The Balaban J connectivity index is 2.50. The Morgan fingerprint density at radius 1 is 1.24 bits per heavy atom. The van der Waals surface area contributed by atoms with Crippen LogP contribution in [0.3, 0.4) is 0 Å². The minimum atomic E-state index is -0.326. The lowest BCUT2D eigenvalue weighted by Crippen LogP contribution is -2.06. The second kappa shape index (κ2) is 5.54. The molecule has 0 heterocycles. The second-order valence-electron chi connectivity index (χ2n) is 4.99. The van der Waals surface area contributed by atoms with E-state index in [2.05, 4.69) is 11.8 Å². The molecule has 90 valence electrons. The van der Waals surface area contributed by atoms with Crippen LogP contribution in [0, 0.1) is 24.2 Å². The lowest BCUT2D eigenvalue weighted by Gasteiger charge is -2.07. The van der Waals surface area contributed by atoms with Gasteiger partial charge in [-0.1, -0.05) is 29.5 Å². The van der Waals surface area contributed by atoms with Crippen molar-refractivity contribution in [2.45, 2.75) is 27.7 Å². The van der Waals surface area contributed by atoms with Crippen molar-refractivity contribution in [3.63, 3.8) is 0 Å². The van der Waals surface area contributed by atoms with Crippen LogP contribution in [0.5, 0.6) is 0 Å². The van der Waals surface area contributed by atoms with Crippen molar-refractivity contribution in [2.24, 2.45) is 5.41 Å². The van der Waals surface area contributed by atoms with E-state index in [1.54, 1.807) is 12.1 Å². The number of ether oxygens (including phenoxy) is 1. The lowest BCUT2D eigenvalue weighted by molar-refractivity contribution is 0.0556. The van der Waals surface area contributed by atoms with Crippen LogP contribution < -0.4 is 0 Å². The second-order valence-corrected chi connectivity index (χ2v) is 4.99. The number of carbonyl (C=O) groups excluding carboxylic acids is 1. The summed E-state index contributed by atoms with van der Waals surface area (Å²) >= 11 is 0. The van der Waals surface area contributed by atoms with E-state index in [9.17, 15) is 4.79 Å². The highest BCUT2D eigenvalue weighted by atomic mass is 16.5. The molecule has 0 aliphatic rings. The molecule has 0 aliphatic carbocycles. The average molecular weight is 230 g/mol. The molecule has 0 amide bonds. The Hall–Kier alpha value is -1.75. The molecule has 0 aliphatic heterocycles. The fraction of sp³-hybridized carbons (Fsp3) is 0.400. The predicted molar refractivity (Wildman–Crippen MR) is 68.7 cm³/mol. The standard InChI is InChI=1S/C15H18O2/c1-12-6-8-13(9-7-12)14(16)17-11-5-10-15(2,3)4/h6-9H,11H2,1-4H3. The van der Waals surface area contributed by atoms with Gasteiger partial charge in [-0.25, -0.2) is 4.79 Å². The van der Waals surface area contributed by atoms with E-state index < -0.39 is 0 Å². The van der Waals surface area contributed by atoms with Gasteiger partial charge in [0.05, 0.1) is 5.56 Å². The Kier molecular flexibility index (Phi) is 4.34. The molecule has 0 unspecified atom stereocenters. The highest BCUT2D eigenvalue weighted by Crippen LogP contribution is 2.09.